The van der Waals surface area contributed by atoms with E-state index < -0.39 is 14.6 Å². The van der Waals surface area contributed by atoms with Gasteiger partial charge in [0, 0.05) is 5.54 Å². The summed E-state index contributed by atoms with van der Waals surface area (Å²) in [5, 5.41) is 0. The molecule has 0 aromatic carbocycles. The quantitative estimate of drug-likeness (QED) is 0.723. The van der Waals surface area contributed by atoms with Crippen molar-refractivity contribution in [1.29, 1.82) is 0 Å². The van der Waals surface area contributed by atoms with Crippen LogP contribution in [-0.2, 0) is 14.6 Å². The number of sulfone groups is 1. The summed E-state index contributed by atoms with van der Waals surface area (Å²) in [5.74, 6) is 0.0519. The summed E-state index contributed by atoms with van der Waals surface area (Å²) in [6.45, 7) is 9.57. The third kappa shape index (κ3) is 5.27. The maximum absolute atomic E-state index is 11.7. The van der Waals surface area contributed by atoms with Crippen molar-refractivity contribution in [2.75, 3.05) is 19.0 Å². The second kappa shape index (κ2) is 5.47. The molecule has 0 amide bonds. The Labute approximate surface area is 99.5 Å². The molecule has 5 heteroatoms. The van der Waals surface area contributed by atoms with Crippen molar-refractivity contribution in [3.63, 3.8) is 0 Å². The molecule has 0 aromatic rings. The van der Waals surface area contributed by atoms with Gasteiger partial charge in [-0.05, 0) is 34.1 Å². The summed E-state index contributed by atoms with van der Waals surface area (Å²) in [4.78, 5) is 0. The van der Waals surface area contributed by atoms with E-state index in [1.165, 1.54) is 0 Å². The lowest BCUT2D eigenvalue weighted by molar-refractivity contribution is 0.101. The van der Waals surface area contributed by atoms with Gasteiger partial charge in [0.25, 0.3) is 0 Å². The normalized spacial score (nSPS) is 17.1. The fourth-order valence-corrected chi connectivity index (χ4v) is 1.83. The topological polar surface area (TPSA) is 69.4 Å². The second-order valence-electron chi connectivity index (χ2n) is 5.49. The van der Waals surface area contributed by atoms with E-state index in [9.17, 15) is 8.42 Å². The lowest BCUT2D eigenvalue weighted by Gasteiger charge is -2.23. The van der Waals surface area contributed by atoms with Crippen LogP contribution in [0.4, 0.5) is 0 Å². The van der Waals surface area contributed by atoms with Crippen LogP contribution in [-0.4, -0.2) is 37.7 Å². The first-order valence-electron chi connectivity index (χ1n) is 5.61. The SMILES string of the molecule is CCC(C)(N)COCCS(=O)(=O)C(C)(C)C. The molecular formula is C11H25NO3S. The zero-order chi connectivity index (χ0) is 13.0. The zero-order valence-corrected chi connectivity index (χ0v) is 11.9. The second-order valence-corrected chi connectivity index (χ2v) is 8.35. The van der Waals surface area contributed by atoms with Crippen molar-refractivity contribution in [1.82, 2.24) is 0 Å². The van der Waals surface area contributed by atoms with Gasteiger partial charge in [-0.15, -0.1) is 0 Å². The molecule has 98 valence electrons. The Kier molecular flexibility index (Phi) is 5.42. The van der Waals surface area contributed by atoms with Gasteiger partial charge in [0.05, 0.1) is 23.7 Å². The fraction of sp³-hybridized carbons (Fsp3) is 1.00. The Morgan fingerprint density at radius 1 is 1.19 bits per heavy atom. The molecule has 0 spiro atoms. The van der Waals surface area contributed by atoms with Crippen molar-refractivity contribution in [3.8, 4) is 0 Å². The van der Waals surface area contributed by atoms with Crippen LogP contribution in [0.5, 0.6) is 0 Å². The standard InChI is InChI=1S/C11H25NO3S/c1-6-11(5,12)9-15-7-8-16(13,14)10(2,3)4/h6-9,12H2,1-5H3. The first kappa shape index (κ1) is 15.9. The largest absolute Gasteiger partial charge is 0.379 e. The molecular weight excluding hydrogens is 226 g/mol. The number of nitrogens with two attached hydrogens (primary N) is 1. The maximum Gasteiger partial charge on any atom is 0.157 e. The molecule has 0 radical (unpaired) electrons. The smallest absolute Gasteiger partial charge is 0.157 e. The van der Waals surface area contributed by atoms with E-state index in [1.54, 1.807) is 20.8 Å². The highest BCUT2D eigenvalue weighted by atomic mass is 32.2. The van der Waals surface area contributed by atoms with Gasteiger partial charge in [-0.25, -0.2) is 8.42 Å². The van der Waals surface area contributed by atoms with Gasteiger partial charge in [-0.3, -0.25) is 0 Å². The number of hydrogen-bond acceptors (Lipinski definition) is 4. The van der Waals surface area contributed by atoms with Crippen LogP contribution >= 0.6 is 0 Å². The van der Waals surface area contributed by atoms with E-state index >= 15 is 0 Å². The van der Waals surface area contributed by atoms with Gasteiger partial charge in [0.2, 0.25) is 0 Å². The van der Waals surface area contributed by atoms with E-state index in [0.29, 0.717) is 6.61 Å². The van der Waals surface area contributed by atoms with E-state index in [1.807, 2.05) is 13.8 Å². The minimum atomic E-state index is -3.09. The summed E-state index contributed by atoms with van der Waals surface area (Å²) in [6, 6.07) is 0. The van der Waals surface area contributed by atoms with E-state index in [-0.39, 0.29) is 17.9 Å². The van der Waals surface area contributed by atoms with Gasteiger partial charge in [0.1, 0.15) is 0 Å². The predicted octanol–water partition coefficient (Wildman–Crippen LogP) is 1.34. The van der Waals surface area contributed by atoms with Gasteiger partial charge < -0.3 is 10.5 Å². The lowest BCUT2D eigenvalue weighted by atomic mass is 10.0. The van der Waals surface area contributed by atoms with Crippen LogP contribution in [0.1, 0.15) is 41.0 Å². The summed E-state index contributed by atoms with van der Waals surface area (Å²) in [5.41, 5.74) is 5.51. The Morgan fingerprint density at radius 2 is 1.69 bits per heavy atom. The van der Waals surface area contributed by atoms with E-state index in [0.717, 1.165) is 6.42 Å². The Balaban J connectivity index is 4.03. The zero-order valence-electron chi connectivity index (χ0n) is 11.0. The molecule has 0 saturated carbocycles. The molecule has 0 fully saturated rings. The Morgan fingerprint density at radius 3 is 2.06 bits per heavy atom. The van der Waals surface area contributed by atoms with Crippen LogP contribution in [0.3, 0.4) is 0 Å². The average molecular weight is 251 g/mol. The third-order valence-electron chi connectivity index (χ3n) is 2.67. The van der Waals surface area contributed by atoms with Gasteiger partial charge in [0.15, 0.2) is 9.84 Å². The van der Waals surface area contributed by atoms with Gasteiger partial charge in [-0.2, -0.15) is 0 Å². The number of ether oxygens (including phenoxy) is 1. The number of hydrogen-bond donors (Lipinski definition) is 1. The highest BCUT2D eigenvalue weighted by Crippen LogP contribution is 2.15. The molecule has 0 aromatic heterocycles. The molecule has 1 unspecified atom stereocenters. The Hall–Kier alpha value is -0.130. The van der Waals surface area contributed by atoms with Crippen LogP contribution < -0.4 is 5.73 Å². The minimum Gasteiger partial charge on any atom is -0.379 e. The van der Waals surface area contributed by atoms with Crippen LogP contribution in [0.25, 0.3) is 0 Å². The molecule has 0 saturated heterocycles. The minimum absolute atomic E-state index is 0.0519. The van der Waals surface area contributed by atoms with Crippen LogP contribution in [0.2, 0.25) is 0 Å². The molecule has 0 bridgehead atoms. The van der Waals surface area contributed by atoms with Gasteiger partial charge >= 0.3 is 0 Å². The van der Waals surface area contributed by atoms with E-state index in [4.69, 9.17) is 10.5 Å². The van der Waals surface area contributed by atoms with Crippen molar-refractivity contribution >= 4 is 9.84 Å². The molecule has 2 N–H and O–H groups in total. The third-order valence-corrected chi connectivity index (χ3v) is 5.24. The molecule has 1 atom stereocenters. The van der Waals surface area contributed by atoms with Crippen molar-refractivity contribution in [2.45, 2.75) is 51.3 Å². The fourth-order valence-electron chi connectivity index (χ4n) is 0.882. The molecule has 0 heterocycles. The predicted molar refractivity (Wildman–Crippen MR) is 67.2 cm³/mol. The summed E-state index contributed by atoms with van der Waals surface area (Å²) >= 11 is 0. The maximum atomic E-state index is 11.7. The molecule has 16 heavy (non-hydrogen) atoms. The highest BCUT2D eigenvalue weighted by molar-refractivity contribution is 7.92. The average Bonchev–Trinajstić information content (AvgIpc) is 2.11. The Bertz CT molecular complexity index is 302. The molecule has 0 aliphatic carbocycles. The monoisotopic (exact) mass is 251 g/mol. The molecule has 0 aliphatic heterocycles. The number of rotatable bonds is 6. The molecule has 0 rings (SSSR count). The van der Waals surface area contributed by atoms with Crippen LogP contribution in [0.15, 0.2) is 0 Å². The first-order valence-corrected chi connectivity index (χ1v) is 7.26. The summed E-state index contributed by atoms with van der Waals surface area (Å²) in [7, 11) is -3.09. The summed E-state index contributed by atoms with van der Waals surface area (Å²) < 4.78 is 28.1. The van der Waals surface area contributed by atoms with Crippen molar-refractivity contribution in [3.05, 3.63) is 0 Å². The highest BCUT2D eigenvalue weighted by Gasteiger charge is 2.28. The van der Waals surface area contributed by atoms with Crippen LogP contribution in [0, 0.1) is 0 Å². The molecule has 0 aliphatic rings. The summed E-state index contributed by atoms with van der Waals surface area (Å²) in [6.07, 6.45) is 0.805. The van der Waals surface area contributed by atoms with Crippen molar-refractivity contribution in [2.24, 2.45) is 5.73 Å². The first-order chi connectivity index (χ1) is 7.02. The molecule has 4 nitrogen and oxygen atoms in total. The lowest BCUT2D eigenvalue weighted by Crippen LogP contribution is -2.41. The van der Waals surface area contributed by atoms with E-state index in [2.05, 4.69) is 0 Å². The van der Waals surface area contributed by atoms with Crippen molar-refractivity contribution < 1.29 is 13.2 Å². The van der Waals surface area contributed by atoms with Gasteiger partial charge in [-0.1, -0.05) is 6.92 Å².